The number of halogens is 2. The number of aromatic nitrogens is 2. The fourth-order valence-corrected chi connectivity index (χ4v) is 4.73. The van der Waals surface area contributed by atoms with Gasteiger partial charge in [0.1, 0.15) is 18.1 Å². The Hall–Kier alpha value is -3.32. The fraction of sp³-hybridized carbons (Fsp3) is 0.214. The highest BCUT2D eigenvalue weighted by Crippen LogP contribution is 2.43. The second-order valence-corrected chi connectivity index (χ2v) is 9.47. The summed E-state index contributed by atoms with van der Waals surface area (Å²) in [4.78, 5) is 15.3. The molecule has 36 heavy (non-hydrogen) atoms. The Bertz CT molecular complexity index is 1340. The van der Waals surface area contributed by atoms with Gasteiger partial charge in [0.2, 0.25) is 0 Å². The van der Waals surface area contributed by atoms with Gasteiger partial charge in [0.05, 0.1) is 11.7 Å². The van der Waals surface area contributed by atoms with Crippen LogP contribution in [0.1, 0.15) is 39.6 Å². The van der Waals surface area contributed by atoms with Crippen molar-refractivity contribution < 1.29 is 14.3 Å². The average Bonchev–Trinajstić information content (AvgIpc) is 3.44. The summed E-state index contributed by atoms with van der Waals surface area (Å²) in [6, 6.07) is 22.7. The number of aromatic amines is 1. The molecule has 1 aliphatic heterocycles. The van der Waals surface area contributed by atoms with Crippen molar-refractivity contribution in [2.24, 2.45) is 0 Å². The molecule has 6 nitrogen and oxygen atoms in total. The average molecular weight is 522 g/mol. The van der Waals surface area contributed by atoms with Crippen LogP contribution >= 0.6 is 23.2 Å². The van der Waals surface area contributed by atoms with Crippen LogP contribution in [0.3, 0.4) is 0 Å². The molecule has 0 saturated carbocycles. The lowest BCUT2D eigenvalue weighted by Crippen LogP contribution is -2.31. The highest BCUT2D eigenvalue weighted by molar-refractivity contribution is 6.30. The molecule has 0 aliphatic carbocycles. The summed E-state index contributed by atoms with van der Waals surface area (Å²) in [5.74, 6) is 0.677. The number of methoxy groups -OCH3 is 1. The molecule has 4 aromatic rings. The van der Waals surface area contributed by atoms with Gasteiger partial charge in [-0.05, 0) is 53.9 Å². The van der Waals surface area contributed by atoms with Crippen LogP contribution in [0.5, 0.6) is 5.75 Å². The first-order valence-electron chi connectivity index (χ1n) is 11.7. The zero-order valence-corrected chi connectivity index (χ0v) is 21.2. The number of H-pyrrole nitrogens is 1. The van der Waals surface area contributed by atoms with E-state index in [1.807, 2.05) is 77.7 Å². The molecular weight excluding hydrogens is 497 g/mol. The highest BCUT2D eigenvalue weighted by atomic mass is 35.5. The fourth-order valence-electron chi connectivity index (χ4n) is 4.47. The normalized spacial score (nSPS) is 14.8. The summed E-state index contributed by atoms with van der Waals surface area (Å²) in [5.41, 5.74) is 5.05. The molecule has 1 aliphatic rings. The number of carbonyl (C=O) groups excluding carboxylic acids is 1. The largest absolute Gasteiger partial charge is 0.489 e. The van der Waals surface area contributed by atoms with Crippen LogP contribution < -0.4 is 4.74 Å². The summed E-state index contributed by atoms with van der Waals surface area (Å²) in [6.07, 6.45) is 0.731. The molecular formula is C28H25Cl2N3O3. The van der Waals surface area contributed by atoms with Gasteiger partial charge in [-0.2, -0.15) is 5.10 Å². The molecule has 184 valence electrons. The van der Waals surface area contributed by atoms with Gasteiger partial charge in [-0.25, -0.2) is 0 Å². The number of hydrogen-bond acceptors (Lipinski definition) is 4. The van der Waals surface area contributed by atoms with Crippen molar-refractivity contribution in [3.05, 3.63) is 105 Å². The number of rotatable bonds is 9. The van der Waals surface area contributed by atoms with E-state index in [0.29, 0.717) is 35.5 Å². The summed E-state index contributed by atoms with van der Waals surface area (Å²) < 4.78 is 11.2. The summed E-state index contributed by atoms with van der Waals surface area (Å²) >= 11 is 12.1. The van der Waals surface area contributed by atoms with E-state index >= 15 is 0 Å². The molecule has 0 fully saturated rings. The predicted octanol–water partition coefficient (Wildman–Crippen LogP) is 6.54. The lowest BCUT2D eigenvalue weighted by atomic mass is 9.96. The van der Waals surface area contributed by atoms with Gasteiger partial charge in [0.15, 0.2) is 0 Å². The van der Waals surface area contributed by atoms with Crippen molar-refractivity contribution in [3.63, 3.8) is 0 Å². The lowest BCUT2D eigenvalue weighted by Gasteiger charge is -2.26. The van der Waals surface area contributed by atoms with E-state index in [-0.39, 0.29) is 11.9 Å². The van der Waals surface area contributed by atoms with Gasteiger partial charge in [0, 0.05) is 41.4 Å². The molecule has 1 unspecified atom stereocenters. The van der Waals surface area contributed by atoms with E-state index in [4.69, 9.17) is 32.7 Å². The van der Waals surface area contributed by atoms with Crippen LogP contribution in [0, 0.1) is 0 Å². The minimum absolute atomic E-state index is 0.0677. The number of fused-ring (bicyclic) bond motifs is 1. The first kappa shape index (κ1) is 24.4. The third-order valence-electron chi connectivity index (χ3n) is 6.24. The number of amides is 1. The molecule has 2 heterocycles. The van der Waals surface area contributed by atoms with E-state index in [1.54, 1.807) is 7.11 Å². The topological polar surface area (TPSA) is 67.5 Å². The Morgan fingerprint density at radius 1 is 0.944 bits per heavy atom. The monoisotopic (exact) mass is 521 g/mol. The van der Waals surface area contributed by atoms with Crippen molar-refractivity contribution in [3.8, 4) is 17.0 Å². The van der Waals surface area contributed by atoms with Crippen LogP contribution in [0.15, 0.2) is 72.8 Å². The van der Waals surface area contributed by atoms with E-state index < -0.39 is 0 Å². The number of hydrogen-bond donors (Lipinski definition) is 1. The van der Waals surface area contributed by atoms with Gasteiger partial charge in [-0.3, -0.25) is 9.89 Å². The van der Waals surface area contributed by atoms with Gasteiger partial charge in [-0.15, -0.1) is 0 Å². The Labute approximate surface area is 219 Å². The predicted molar refractivity (Wildman–Crippen MR) is 141 cm³/mol. The minimum Gasteiger partial charge on any atom is -0.489 e. The molecule has 8 heteroatoms. The Kier molecular flexibility index (Phi) is 7.28. The maximum atomic E-state index is 13.4. The van der Waals surface area contributed by atoms with Crippen molar-refractivity contribution in [1.82, 2.24) is 15.1 Å². The molecule has 0 radical (unpaired) electrons. The zero-order chi connectivity index (χ0) is 25.1. The van der Waals surface area contributed by atoms with Crippen LogP contribution in [0.4, 0.5) is 0 Å². The quantitative estimate of drug-likeness (QED) is 0.254. The van der Waals surface area contributed by atoms with Crippen molar-refractivity contribution in [2.45, 2.75) is 19.1 Å². The van der Waals surface area contributed by atoms with E-state index in [1.165, 1.54) is 0 Å². The molecule has 0 saturated heterocycles. The maximum absolute atomic E-state index is 13.4. The van der Waals surface area contributed by atoms with Crippen LogP contribution in [-0.2, 0) is 11.3 Å². The molecule has 1 atom stereocenters. The van der Waals surface area contributed by atoms with E-state index in [2.05, 4.69) is 10.2 Å². The van der Waals surface area contributed by atoms with Crippen LogP contribution in [0.25, 0.3) is 11.3 Å². The van der Waals surface area contributed by atoms with Gasteiger partial charge >= 0.3 is 0 Å². The number of ether oxygens (including phenoxy) is 2. The smallest absolute Gasteiger partial charge is 0.273 e. The second kappa shape index (κ2) is 10.7. The molecule has 0 spiro atoms. The van der Waals surface area contributed by atoms with Crippen molar-refractivity contribution in [1.29, 1.82) is 0 Å². The highest BCUT2D eigenvalue weighted by Gasteiger charge is 2.41. The summed E-state index contributed by atoms with van der Waals surface area (Å²) in [6.45, 7) is 1.58. The first-order chi connectivity index (χ1) is 17.5. The SMILES string of the molecule is COCCCN1C(=O)c2[nH]nc(-c3ccc(Cl)cc3)c2C1c1ccc(OCc2ccc(Cl)cc2)cc1. The molecule has 1 N–H and O–H groups in total. The zero-order valence-electron chi connectivity index (χ0n) is 19.7. The van der Waals surface area contributed by atoms with E-state index in [9.17, 15) is 4.79 Å². The van der Waals surface area contributed by atoms with Crippen molar-refractivity contribution in [2.75, 3.05) is 20.3 Å². The van der Waals surface area contributed by atoms with Gasteiger partial charge in [-0.1, -0.05) is 59.6 Å². The third kappa shape index (κ3) is 4.98. The number of carbonyl (C=O) groups is 1. The molecule has 3 aromatic carbocycles. The number of benzene rings is 3. The molecule has 5 rings (SSSR count). The van der Waals surface area contributed by atoms with E-state index in [0.717, 1.165) is 40.1 Å². The molecule has 0 bridgehead atoms. The molecule has 1 aromatic heterocycles. The van der Waals surface area contributed by atoms with Gasteiger partial charge < -0.3 is 14.4 Å². The second-order valence-electron chi connectivity index (χ2n) is 8.60. The Morgan fingerprint density at radius 3 is 2.28 bits per heavy atom. The number of nitrogens with zero attached hydrogens (tertiary/aromatic N) is 2. The van der Waals surface area contributed by atoms with Gasteiger partial charge in [0.25, 0.3) is 5.91 Å². The first-order valence-corrected chi connectivity index (χ1v) is 12.4. The van der Waals surface area contributed by atoms with Crippen molar-refractivity contribution >= 4 is 29.1 Å². The molecule has 1 amide bonds. The minimum atomic E-state index is -0.279. The lowest BCUT2D eigenvalue weighted by molar-refractivity contribution is 0.0723. The number of nitrogens with one attached hydrogen (secondary N) is 1. The Morgan fingerprint density at radius 2 is 1.61 bits per heavy atom. The summed E-state index contributed by atoms with van der Waals surface area (Å²) in [5, 5.41) is 8.83. The Balaban J connectivity index is 1.44. The third-order valence-corrected chi connectivity index (χ3v) is 6.75. The van der Waals surface area contributed by atoms with Crippen LogP contribution in [0.2, 0.25) is 10.0 Å². The maximum Gasteiger partial charge on any atom is 0.273 e. The van der Waals surface area contributed by atoms with Crippen LogP contribution in [-0.4, -0.2) is 41.3 Å². The standard InChI is InChI=1S/C28H25Cl2N3O3/c1-35-16-2-15-33-27(20-7-13-23(14-8-20)36-17-18-3-9-21(29)10-4-18)24-25(31-32-26(24)28(33)34)19-5-11-22(30)12-6-19/h3-14,27H,2,15-17H2,1H3,(H,31,32). The summed E-state index contributed by atoms with van der Waals surface area (Å²) in [7, 11) is 1.66.